The number of imide groups is 2. The number of piperazine rings is 1. The van der Waals surface area contributed by atoms with Gasteiger partial charge >= 0.3 is 0 Å². The first-order valence-electron chi connectivity index (χ1n) is 17.3. The molecule has 260 valence electrons. The molecule has 0 spiro atoms. The van der Waals surface area contributed by atoms with Crippen LogP contribution in [0.25, 0.3) is 0 Å². The lowest BCUT2D eigenvalue weighted by atomic mass is 9.95. The van der Waals surface area contributed by atoms with Crippen molar-refractivity contribution in [1.82, 2.24) is 25.3 Å². The number of hydrogen-bond donors (Lipinski definition) is 4. The van der Waals surface area contributed by atoms with E-state index in [0.29, 0.717) is 23.7 Å². The van der Waals surface area contributed by atoms with Crippen LogP contribution in [-0.4, -0.2) is 103 Å². The second-order valence-corrected chi connectivity index (χ2v) is 13.5. The minimum absolute atomic E-state index is 0.0828. The third-order valence-corrected chi connectivity index (χ3v) is 10.2. The first-order valence-corrected chi connectivity index (χ1v) is 17.3. The molecule has 13 heteroatoms. The molecular formula is C35H50N8O5. The van der Waals surface area contributed by atoms with Crippen molar-refractivity contribution in [1.29, 1.82) is 0 Å². The average molecular weight is 663 g/mol. The lowest BCUT2D eigenvalue weighted by Gasteiger charge is -2.40. The summed E-state index contributed by atoms with van der Waals surface area (Å²) >= 11 is 0. The van der Waals surface area contributed by atoms with Gasteiger partial charge in [0.15, 0.2) is 0 Å². The summed E-state index contributed by atoms with van der Waals surface area (Å²) in [6.45, 7) is 8.19. The molecule has 1 saturated carbocycles. The van der Waals surface area contributed by atoms with E-state index in [2.05, 4.69) is 25.3 Å². The summed E-state index contributed by atoms with van der Waals surface area (Å²) in [6, 6.07) is 4.78. The van der Waals surface area contributed by atoms with Gasteiger partial charge in [0.05, 0.1) is 11.5 Å². The predicted molar refractivity (Wildman–Crippen MR) is 182 cm³/mol. The number of anilines is 1. The molecule has 3 aliphatic heterocycles. The maximum absolute atomic E-state index is 13.2. The smallest absolute Gasteiger partial charge is 0.267 e. The van der Waals surface area contributed by atoms with E-state index < -0.39 is 23.8 Å². The molecule has 0 aromatic heterocycles. The van der Waals surface area contributed by atoms with Crippen molar-refractivity contribution in [3.05, 3.63) is 53.0 Å². The molecule has 3 saturated heterocycles. The zero-order valence-corrected chi connectivity index (χ0v) is 28.0. The molecule has 1 aliphatic carbocycles. The lowest BCUT2D eigenvalue weighted by Crippen LogP contribution is -2.54. The molecule has 1 aromatic carbocycles. The Morgan fingerprint density at radius 1 is 0.958 bits per heavy atom. The Morgan fingerprint density at radius 2 is 1.67 bits per heavy atom. The standard InChI is InChI=1S/C35H50N8O5/c1-24-21-27(7-8-28(24)35(48)43(23-44)30-10-12-32(45)39-34(30)47)41-19-17-40(18-20-41)22-25-13-15-42(16-14-25)31(37)11-9-29(36)33(46)38-26-5-3-2-4-6-26/h7-9,11,21,23,25-26,30H,2-6,10,12-20,22,36-37H2,1H3,(H,38,46)(H,39,45,47)/b29-9-,31-11+. The molecular weight excluding hydrogens is 612 g/mol. The van der Waals surface area contributed by atoms with E-state index in [1.807, 2.05) is 19.1 Å². The zero-order valence-electron chi connectivity index (χ0n) is 28.0. The maximum Gasteiger partial charge on any atom is 0.267 e. The molecule has 0 radical (unpaired) electrons. The van der Waals surface area contributed by atoms with E-state index in [1.165, 1.54) is 6.42 Å². The maximum atomic E-state index is 13.2. The lowest BCUT2D eigenvalue weighted by molar-refractivity contribution is -0.139. The molecule has 6 N–H and O–H groups in total. The molecule has 13 nitrogen and oxygen atoms in total. The van der Waals surface area contributed by atoms with Gasteiger partial charge in [-0.05, 0) is 80.9 Å². The Morgan fingerprint density at radius 3 is 2.31 bits per heavy atom. The van der Waals surface area contributed by atoms with E-state index in [-0.39, 0.29) is 30.5 Å². The Hall–Kier alpha value is -4.39. The highest BCUT2D eigenvalue weighted by Gasteiger charge is 2.35. The summed E-state index contributed by atoms with van der Waals surface area (Å²) in [5, 5.41) is 5.24. The van der Waals surface area contributed by atoms with Crippen LogP contribution in [-0.2, 0) is 19.2 Å². The first-order chi connectivity index (χ1) is 23.1. The normalized spacial score (nSPS) is 22.3. The predicted octanol–water partition coefficient (Wildman–Crippen LogP) is 1.32. The summed E-state index contributed by atoms with van der Waals surface area (Å²) < 4.78 is 0. The number of nitrogens with one attached hydrogen (secondary N) is 2. The highest BCUT2D eigenvalue weighted by atomic mass is 16.2. The van der Waals surface area contributed by atoms with E-state index in [0.717, 1.165) is 100 Å². The van der Waals surface area contributed by atoms with Gasteiger partial charge in [-0.3, -0.25) is 39.1 Å². The SMILES string of the molecule is Cc1cc(N2CCN(CC3CCN(/C(N)=C/C=C(\N)C(=O)NC4CCCCC4)CC3)CC2)ccc1C(=O)N(C=O)C1CCC(=O)NC1=O. The molecule has 0 bridgehead atoms. The summed E-state index contributed by atoms with van der Waals surface area (Å²) in [7, 11) is 0. The summed E-state index contributed by atoms with van der Waals surface area (Å²) in [5.41, 5.74) is 14.7. The third kappa shape index (κ3) is 8.74. The monoisotopic (exact) mass is 662 g/mol. The van der Waals surface area contributed by atoms with Crippen LogP contribution in [0.3, 0.4) is 0 Å². The van der Waals surface area contributed by atoms with Crippen LogP contribution < -0.4 is 27.0 Å². The molecule has 1 atom stereocenters. The van der Waals surface area contributed by atoms with Gasteiger partial charge in [-0.1, -0.05) is 19.3 Å². The van der Waals surface area contributed by atoms with Crippen LogP contribution in [0.15, 0.2) is 41.9 Å². The van der Waals surface area contributed by atoms with Crippen molar-refractivity contribution in [3.8, 4) is 0 Å². The Kier molecular flexibility index (Phi) is 11.7. The highest BCUT2D eigenvalue weighted by Crippen LogP contribution is 2.25. The second-order valence-electron chi connectivity index (χ2n) is 13.5. The van der Waals surface area contributed by atoms with Gasteiger partial charge in [0.2, 0.25) is 18.2 Å². The van der Waals surface area contributed by atoms with Gasteiger partial charge < -0.3 is 26.6 Å². The van der Waals surface area contributed by atoms with Crippen LogP contribution in [0.2, 0.25) is 0 Å². The number of nitrogens with zero attached hydrogens (tertiary/aromatic N) is 4. The largest absolute Gasteiger partial charge is 0.394 e. The number of aryl methyl sites for hydroxylation is 1. The molecule has 1 unspecified atom stereocenters. The van der Waals surface area contributed by atoms with E-state index in [1.54, 1.807) is 18.2 Å². The second kappa shape index (κ2) is 16.1. The molecule has 5 rings (SSSR count). The van der Waals surface area contributed by atoms with E-state index in [4.69, 9.17) is 11.5 Å². The number of hydrogen-bond acceptors (Lipinski definition) is 10. The van der Waals surface area contributed by atoms with Crippen molar-refractivity contribution in [3.63, 3.8) is 0 Å². The fourth-order valence-electron chi connectivity index (χ4n) is 7.23. The van der Waals surface area contributed by atoms with E-state index >= 15 is 0 Å². The number of nitrogens with two attached hydrogens (primary N) is 2. The Balaban J connectivity index is 1.05. The number of amides is 5. The summed E-state index contributed by atoms with van der Waals surface area (Å²) in [6.07, 6.45) is 11.6. The van der Waals surface area contributed by atoms with E-state index in [9.17, 15) is 24.0 Å². The molecule has 3 heterocycles. The van der Waals surface area contributed by atoms with Crippen LogP contribution in [0.4, 0.5) is 5.69 Å². The molecule has 4 aliphatic rings. The van der Waals surface area contributed by atoms with Gasteiger partial charge in [-0.15, -0.1) is 0 Å². The fourth-order valence-corrected chi connectivity index (χ4v) is 7.23. The van der Waals surface area contributed by atoms with Crippen LogP contribution in [0, 0.1) is 12.8 Å². The van der Waals surface area contributed by atoms with Gasteiger partial charge in [-0.25, -0.2) is 0 Å². The van der Waals surface area contributed by atoms with Crippen molar-refractivity contribution in [2.45, 2.75) is 76.8 Å². The van der Waals surface area contributed by atoms with Crippen molar-refractivity contribution in [2.75, 3.05) is 50.7 Å². The molecule has 48 heavy (non-hydrogen) atoms. The number of allylic oxidation sites excluding steroid dienone is 2. The number of likely N-dealkylation sites (tertiary alicyclic amines) is 1. The van der Waals surface area contributed by atoms with Gasteiger partial charge in [0.1, 0.15) is 6.04 Å². The molecule has 4 fully saturated rings. The highest BCUT2D eigenvalue weighted by molar-refractivity contribution is 6.07. The zero-order chi connectivity index (χ0) is 34.2. The third-order valence-electron chi connectivity index (χ3n) is 10.2. The summed E-state index contributed by atoms with van der Waals surface area (Å²) in [5.74, 6) is -0.583. The minimum atomic E-state index is -0.993. The number of carbonyl (C=O) groups excluding carboxylic acids is 5. The number of piperidine rings is 2. The number of rotatable bonds is 10. The first kappa shape index (κ1) is 34.9. The van der Waals surface area contributed by atoms with Crippen LogP contribution >= 0.6 is 0 Å². The van der Waals surface area contributed by atoms with Gasteiger partial charge in [0.25, 0.3) is 11.8 Å². The quantitative estimate of drug-likeness (QED) is 0.124. The number of carbonyl (C=O) groups is 5. The fraction of sp³-hybridized carbons (Fsp3) is 0.571. The van der Waals surface area contributed by atoms with Crippen LogP contribution in [0.5, 0.6) is 0 Å². The average Bonchev–Trinajstić information content (AvgIpc) is 3.09. The molecule has 5 amide bonds. The Bertz CT molecular complexity index is 1420. The van der Waals surface area contributed by atoms with Gasteiger partial charge in [0, 0.05) is 69.5 Å². The van der Waals surface area contributed by atoms with Crippen LogP contribution in [0.1, 0.15) is 73.7 Å². The van der Waals surface area contributed by atoms with Gasteiger partial charge in [-0.2, -0.15) is 0 Å². The van der Waals surface area contributed by atoms with Crippen molar-refractivity contribution >= 4 is 35.7 Å². The van der Waals surface area contributed by atoms with Crippen molar-refractivity contribution < 1.29 is 24.0 Å². The number of benzene rings is 1. The summed E-state index contributed by atoms with van der Waals surface area (Å²) in [4.78, 5) is 69.1. The topological polar surface area (TPSA) is 174 Å². The molecule has 1 aromatic rings. The van der Waals surface area contributed by atoms with Crippen molar-refractivity contribution in [2.24, 2.45) is 17.4 Å². The minimum Gasteiger partial charge on any atom is -0.394 e. The Labute approximate surface area is 282 Å².